The highest BCUT2D eigenvalue weighted by Crippen LogP contribution is 2.34. The van der Waals surface area contributed by atoms with E-state index in [-0.39, 0.29) is 6.29 Å². The van der Waals surface area contributed by atoms with Crippen LogP contribution in [0.2, 0.25) is 0 Å². The quantitative estimate of drug-likeness (QED) is 0.724. The lowest BCUT2D eigenvalue weighted by atomic mass is 10.1. The average Bonchev–Trinajstić information content (AvgIpc) is 3.15. The van der Waals surface area contributed by atoms with Crippen molar-refractivity contribution < 1.29 is 13.9 Å². The first-order valence-corrected chi connectivity index (χ1v) is 6.91. The highest BCUT2D eigenvalue weighted by molar-refractivity contribution is 5.85. The maximum atomic E-state index is 5.72. The zero-order chi connectivity index (χ0) is 14.2. The molecule has 1 aliphatic rings. The highest BCUT2D eigenvalue weighted by atomic mass is 16.7. The molecule has 1 saturated heterocycles. The minimum atomic E-state index is -0.388. The molecule has 4 rings (SSSR count). The lowest BCUT2D eigenvalue weighted by Gasteiger charge is -2.23. The number of furan rings is 1. The van der Waals surface area contributed by atoms with E-state index in [2.05, 4.69) is 10.1 Å². The Labute approximate surface area is 121 Å². The molecule has 21 heavy (non-hydrogen) atoms. The van der Waals surface area contributed by atoms with Crippen LogP contribution < -0.4 is 0 Å². The Morgan fingerprint density at radius 1 is 1.24 bits per heavy atom. The van der Waals surface area contributed by atoms with Crippen molar-refractivity contribution in [3.63, 3.8) is 0 Å². The zero-order valence-corrected chi connectivity index (χ0v) is 11.7. The van der Waals surface area contributed by atoms with E-state index in [0.717, 1.165) is 34.3 Å². The summed E-state index contributed by atoms with van der Waals surface area (Å²) in [6.07, 6.45) is 3.75. The maximum absolute atomic E-state index is 5.72. The molecule has 1 aliphatic heterocycles. The smallest absolute Gasteiger partial charge is 0.187 e. The van der Waals surface area contributed by atoms with Gasteiger partial charge in [-0.25, -0.2) is 9.67 Å². The third kappa shape index (κ3) is 2.12. The van der Waals surface area contributed by atoms with Crippen molar-refractivity contribution in [2.45, 2.75) is 12.7 Å². The van der Waals surface area contributed by atoms with Crippen molar-refractivity contribution in [2.24, 2.45) is 7.05 Å². The Bertz CT molecular complexity index is 771. The van der Waals surface area contributed by atoms with E-state index < -0.39 is 0 Å². The van der Waals surface area contributed by atoms with Gasteiger partial charge in [-0.2, -0.15) is 5.10 Å². The van der Waals surface area contributed by atoms with Gasteiger partial charge in [-0.1, -0.05) is 0 Å². The minimum absolute atomic E-state index is 0.388. The van der Waals surface area contributed by atoms with E-state index >= 15 is 0 Å². The molecule has 6 heteroatoms. The van der Waals surface area contributed by atoms with Gasteiger partial charge in [-0.3, -0.25) is 0 Å². The third-order valence-electron chi connectivity index (χ3n) is 3.63. The molecule has 3 heterocycles. The van der Waals surface area contributed by atoms with E-state index in [1.54, 1.807) is 17.3 Å². The van der Waals surface area contributed by atoms with Gasteiger partial charge in [0.25, 0.3) is 0 Å². The van der Waals surface area contributed by atoms with E-state index in [1.807, 2.05) is 25.2 Å². The molecule has 1 aromatic carbocycles. The molecular weight excluding hydrogens is 270 g/mol. The number of hydrogen-bond acceptors (Lipinski definition) is 5. The summed E-state index contributed by atoms with van der Waals surface area (Å²) >= 11 is 0. The molecule has 0 radical (unpaired) electrons. The van der Waals surface area contributed by atoms with Crippen LogP contribution in [0.25, 0.3) is 22.4 Å². The van der Waals surface area contributed by atoms with E-state index in [4.69, 9.17) is 13.9 Å². The third-order valence-corrected chi connectivity index (χ3v) is 3.63. The van der Waals surface area contributed by atoms with Gasteiger partial charge >= 0.3 is 0 Å². The summed E-state index contributed by atoms with van der Waals surface area (Å²) in [4.78, 5) is 4.30. The van der Waals surface area contributed by atoms with Gasteiger partial charge < -0.3 is 13.9 Å². The van der Waals surface area contributed by atoms with Crippen LogP contribution in [0.15, 0.2) is 35.2 Å². The summed E-state index contributed by atoms with van der Waals surface area (Å²) < 4.78 is 18.8. The predicted molar refractivity (Wildman–Crippen MR) is 75.5 cm³/mol. The van der Waals surface area contributed by atoms with Crippen molar-refractivity contribution in [2.75, 3.05) is 13.2 Å². The van der Waals surface area contributed by atoms with Gasteiger partial charge in [0.1, 0.15) is 11.9 Å². The Hall–Kier alpha value is -2.18. The van der Waals surface area contributed by atoms with Crippen LogP contribution in [0.1, 0.15) is 18.3 Å². The molecule has 108 valence electrons. The van der Waals surface area contributed by atoms with E-state index in [0.29, 0.717) is 13.2 Å². The Balaban J connectivity index is 1.88. The molecule has 2 aromatic heterocycles. The van der Waals surface area contributed by atoms with Gasteiger partial charge in [0.05, 0.1) is 25.0 Å². The fourth-order valence-electron chi connectivity index (χ4n) is 2.64. The van der Waals surface area contributed by atoms with Gasteiger partial charge in [0.2, 0.25) is 0 Å². The fraction of sp³-hybridized carbons (Fsp3) is 0.333. The minimum Gasteiger partial charge on any atom is -0.464 e. The summed E-state index contributed by atoms with van der Waals surface area (Å²) in [6.45, 7) is 1.39. The first kappa shape index (κ1) is 12.6. The number of benzene rings is 1. The molecule has 0 spiro atoms. The largest absolute Gasteiger partial charge is 0.464 e. The van der Waals surface area contributed by atoms with Crippen molar-refractivity contribution in [1.29, 1.82) is 0 Å². The normalized spacial score (nSPS) is 16.6. The van der Waals surface area contributed by atoms with Crippen LogP contribution in [0.4, 0.5) is 0 Å². The zero-order valence-electron chi connectivity index (χ0n) is 11.7. The topological polar surface area (TPSA) is 62.3 Å². The predicted octanol–water partition coefficient (Wildman–Crippen LogP) is 2.66. The van der Waals surface area contributed by atoms with Gasteiger partial charge in [0.15, 0.2) is 12.1 Å². The maximum Gasteiger partial charge on any atom is 0.187 e. The van der Waals surface area contributed by atoms with Crippen LogP contribution in [-0.2, 0) is 16.5 Å². The van der Waals surface area contributed by atoms with Gasteiger partial charge in [0, 0.05) is 18.0 Å². The highest BCUT2D eigenvalue weighted by Gasteiger charge is 2.22. The molecule has 0 amide bonds. The van der Waals surface area contributed by atoms with E-state index in [1.165, 1.54) is 0 Å². The fourth-order valence-corrected chi connectivity index (χ4v) is 2.64. The van der Waals surface area contributed by atoms with Crippen LogP contribution >= 0.6 is 0 Å². The number of aromatic nitrogens is 3. The van der Waals surface area contributed by atoms with Crippen molar-refractivity contribution >= 4 is 11.0 Å². The number of hydrogen-bond donors (Lipinski definition) is 0. The second-order valence-electron chi connectivity index (χ2n) is 5.04. The second kappa shape index (κ2) is 4.98. The van der Waals surface area contributed by atoms with Crippen LogP contribution in [0.5, 0.6) is 0 Å². The van der Waals surface area contributed by atoms with E-state index in [9.17, 15) is 0 Å². The van der Waals surface area contributed by atoms with Gasteiger partial charge in [-0.15, -0.1) is 0 Å². The number of rotatable bonds is 2. The van der Waals surface area contributed by atoms with Crippen LogP contribution in [0, 0.1) is 0 Å². The molecule has 3 aromatic rings. The molecule has 0 saturated carbocycles. The molecule has 1 fully saturated rings. The lowest BCUT2D eigenvalue weighted by molar-refractivity contribution is -0.182. The number of aryl methyl sites for hydroxylation is 1. The van der Waals surface area contributed by atoms with Gasteiger partial charge in [-0.05, 0) is 24.6 Å². The molecule has 0 N–H and O–H groups in total. The first-order chi connectivity index (χ1) is 10.3. The van der Waals surface area contributed by atoms with Crippen molar-refractivity contribution in [3.8, 4) is 11.4 Å². The number of nitrogens with zero attached hydrogens (tertiary/aromatic N) is 3. The molecule has 0 bridgehead atoms. The van der Waals surface area contributed by atoms with Crippen LogP contribution in [-0.4, -0.2) is 28.0 Å². The Kier molecular flexibility index (Phi) is 2.98. The molecule has 0 unspecified atom stereocenters. The summed E-state index contributed by atoms with van der Waals surface area (Å²) in [5.74, 6) is 0.801. The lowest BCUT2D eigenvalue weighted by Crippen LogP contribution is -2.18. The number of fused-ring (bicyclic) bond motifs is 1. The second-order valence-corrected chi connectivity index (χ2v) is 5.04. The molecule has 6 nitrogen and oxygen atoms in total. The van der Waals surface area contributed by atoms with Crippen LogP contribution in [0.3, 0.4) is 0 Å². The molecule has 0 atom stereocenters. The summed E-state index contributed by atoms with van der Waals surface area (Å²) in [5.41, 5.74) is 2.67. The summed E-state index contributed by atoms with van der Waals surface area (Å²) in [6, 6.07) is 5.97. The van der Waals surface area contributed by atoms with Crippen molar-refractivity contribution in [1.82, 2.24) is 14.8 Å². The summed E-state index contributed by atoms with van der Waals surface area (Å²) in [5, 5.41) is 5.13. The molecular formula is C15H15N3O3. The SMILES string of the molecule is Cn1ncnc1-c1cc(C2OCCCO2)c2occc2c1. The Morgan fingerprint density at radius 2 is 2.10 bits per heavy atom. The molecule has 0 aliphatic carbocycles. The number of ether oxygens (including phenoxy) is 2. The monoisotopic (exact) mass is 285 g/mol. The average molecular weight is 285 g/mol. The Morgan fingerprint density at radius 3 is 2.86 bits per heavy atom. The first-order valence-electron chi connectivity index (χ1n) is 6.91. The standard InChI is InChI=1S/C15H15N3O3/c1-18-14(16-9-17-18)11-7-10-3-6-19-13(10)12(8-11)15-20-4-2-5-21-15/h3,6-9,15H,2,4-5H2,1H3. The summed E-state index contributed by atoms with van der Waals surface area (Å²) in [7, 11) is 1.87. The van der Waals surface area contributed by atoms with Crippen molar-refractivity contribution in [3.05, 3.63) is 36.4 Å².